The van der Waals surface area contributed by atoms with Gasteiger partial charge in [-0.15, -0.1) is 0 Å². The van der Waals surface area contributed by atoms with Crippen LogP contribution in [0.5, 0.6) is 0 Å². The molecule has 2 nitrogen and oxygen atoms in total. The highest BCUT2D eigenvalue weighted by atomic mass is 19.1. The van der Waals surface area contributed by atoms with Crippen LogP contribution in [-0.2, 0) is 6.42 Å². The molecule has 0 radical (unpaired) electrons. The van der Waals surface area contributed by atoms with Crippen molar-refractivity contribution < 1.29 is 4.39 Å². The van der Waals surface area contributed by atoms with E-state index in [-0.39, 0.29) is 11.9 Å². The molecule has 0 aliphatic heterocycles. The molecule has 0 spiro atoms. The minimum absolute atomic E-state index is 0.0635. The third-order valence-electron chi connectivity index (χ3n) is 3.66. The standard InChI is InChI=1S/C19H17FN2/c20-18-8-6-15(7-9-18)17-10-14(12-22-13-17)11-19(21)16-4-2-1-3-5-16/h1-10,12-13,19H,11,21H2. The Morgan fingerprint density at radius 2 is 1.64 bits per heavy atom. The van der Waals surface area contributed by atoms with Crippen LogP contribution >= 0.6 is 0 Å². The predicted octanol–water partition coefficient (Wildman–Crippen LogP) is 4.13. The fourth-order valence-corrected chi connectivity index (χ4v) is 2.47. The number of hydrogen-bond acceptors (Lipinski definition) is 2. The molecule has 0 bridgehead atoms. The molecular formula is C19H17FN2. The zero-order valence-corrected chi connectivity index (χ0v) is 12.1. The van der Waals surface area contributed by atoms with Gasteiger partial charge in [-0.1, -0.05) is 42.5 Å². The van der Waals surface area contributed by atoms with Crippen LogP contribution in [0.1, 0.15) is 17.2 Å². The van der Waals surface area contributed by atoms with Gasteiger partial charge < -0.3 is 5.73 Å². The number of aromatic nitrogens is 1. The summed E-state index contributed by atoms with van der Waals surface area (Å²) < 4.78 is 13.0. The minimum atomic E-state index is -0.237. The first kappa shape index (κ1) is 14.4. The van der Waals surface area contributed by atoms with Crippen molar-refractivity contribution in [3.63, 3.8) is 0 Å². The molecule has 0 saturated carbocycles. The average molecular weight is 292 g/mol. The van der Waals surface area contributed by atoms with Gasteiger partial charge in [-0.3, -0.25) is 4.98 Å². The third kappa shape index (κ3) is 3.38. The molecule has 1 aromatic heterocycles. The Hall–Kier alpha value is -2.52. The quantitative estimate of drug-likeness (QED) is 0.785. The van der Waals surface area contributed by atoms with Gasteiger partial charge in [0.15, 0.2) is 0 Å². The fourth-order valence-electron chi connectivity index (χ4n) is 2.47. The van der Waals surface area contributed by atoms with Crippen molar-refractivity contribution in [3.8, 4) is 11.1 Å². The van der Waals surface area contributed by atoms with Crippen LogP contribution in [0.4, 0.5) is 4.39 Å². The molecular weight excluding hydrogens is 275 g/mol. The number of halogens is 1. The van der Waals surface area contributed by atoms with E-state index in [0.29, 0.717) is 6.42 Å². The van der Waals surface area contributed by atoms with Gasteiger partial charge >= 0.3 is 0 Å². The van der Waals surface area contributed by atoms with Crippen molar-refractivity contribution in [1.29, 1.82) is 0 Å². The predicted molar refractivity (Wildman–Crippen MR) is 86.7 cm³/mol. The van der Waals surface area contributed by atoms with E-state index in [1.54, 1.807) is 18.3 Å². The number of hydrogen-bond donors (Lipinski definition) is 1. The van der Waals surface area contributed by atoms with E-state index in [1.165, 1.54) is 12.1 Å². The second-order valence-electron chi connectivity index (χ2n) is 5.31. The SMILES string of the molecule is NC(Cc1cncc(-c2ccc(F)cc2)c1)c1ccccc1. The van der Waals surface area contributed by atoms with Crippen molar-refractivity contribution in [1.82, 2.24) is 4.98 Å². The van der Waals surface area contributed by atoms with Crippen LogP contribution in [0.15, 0.2) is 73.1 Å². The Morgan fingerprint density at radius 3 is 2.36 bits per heavy atom. The van der Waals surface area contributed by atoms with Gasteiger partial charge in [-0.05, 0) is 41.3 Å². The average Bonchev–Trinajstić information content (AvgIpc) is 2.56. The van der Waals surface area contributed by atoms with Crippen molar-refractivity contribution in [2.45, 2.75) is 12.5 Å². The lowest BCUT2D eigenvalue weighted by Crippen LogP contribution is -2.13. The van der Waals surface area contributed by atoms with Gasteiger partial charge in [-0.2, -0.15) is 0 Å². The molecule has 0 aliphatic rings. The number of nitrogens with zero attached hydrogens (tertiary/aromatic N) is 1. The Morgan fingerprint density at radius 1 is 0.909 bits per heavy atom. The number of nitrogens with two attached hydrogens (primary N) is 1. The van der Waals surface area contributed by atoms with Crippen molar-refractivity contribution in [2.75, 3.05) is 0 Å². The summed E-state index contributed by atoms with van der Waals surface area (Å²) >= 11 is 0. The fraction of sp³-hybridized carbons (Fsp3) is 0.105. The Labute approximate surface area is 129 Å². The van der Waals surface area contributed by atoms with Crippen LogP contribution in [0.3, 0.4) is 0 Å². The number of rotatable bonds is 4. The summed E-state index contributed by atoms with van der Waals surface area (Å²) in [6.07, 6.45) is 4.33. The smallest absolute Gasteiger partial charge is 0.123 e. The summed E-state index contributed by atoms with van der Waals surface area (Å²) in [4.78, 5) is 4.28. The molecule has 3 rings (SSSR count). The van der Waals surface area contributed by atoms with Crippen molar-refractivity contribution >= 4 is 0 Å². The lowest BCUT2D eigenvalue weighted by molar-refractivity contribution is 0.628. The third-order valence-corrected chi connectivity index (χ3v) is 3.66. The number of benzene rings is 2. The summed E-state index contributed by atoms with van der Waals surface area (Å²) in [6, 6.07) is 18.4. The van der Waals surface area contributed by atoms with E-state index in [4.69, 9.17) is 5.73 Å². The van der Waals surface area contributed by atoms with Crippen molar-refractivity contribution in [2.24, 2.45) is 5.73 Å². The van der Waals surface area contributed by atoms with Gasteiger partial charge in [0.25, 0.3) is 0 Å². The molecule has 2 N–H and O–H groups in total. The molecule has 2 aromatic carbocycles. The molecule has 22 heavy (non-hydrogen) atoms. The first-order valence-electron chi connectivity index (χ1n) is 7.23. The van der Waals surface area contributed by atoms with E-state index in [9.17, 15) is 4.39 Å². The number of pyridine rings is 1. The first-order chi connectivity index (χ1) is 10.7. The van der Waals surface area contributed by atoms with Crippen LogP contribution in [-0.4, -0.2) is 4.98 Å². The summed E-state index contributed by atoms with van der Waals surface area (Å²) in [7, 11) is 0. The van der Waals surface area contributed by atoms with Gasteiger partial charge in [0, 0.05) is 24.0 Å². The summed E-state index contributed by atoms with van der Waals surface area (Å²) in [6.45, 7) is 0. The highest BCUT2D eigenvalue weighted by Gasteiger charge is 2.08. The Kier molecular flexibility index (Phi) is 4.26. The molecule has 0 fully saturated rings. The summed E-state index contributed by atoms with van der Waals surface area (Å²) in [5.74, 6) is -0.237. The molecule has 1 unspecified atom stereocenters. The lowest BCUT2D eigenvalue weighted by Gasteiger charge is -2.12. The normalized spacial score (nSPS) is 12.1. The Balaban J connectivity index is 1.81. The minimum Gasteiger partial charge on any atom is -0.324 e. The maximum atomic E-state index is 13.0. The van der Waals surface area contributed by atoms with Crippen LogP contribution in [0, 0.1) is 5.82 Å². The summed E-state index contributed by atoms with van der Waals surface area (Å²) in [5.41, 5.74) is 10.4. The molecule has 3 heteroatoms. The molecule has 0 saturated heterocycles. The molecule has 1 atom stereocenters. The second-order valence-corrected chi connectivity index (χ2v) is 5.31. The first-order valence-corrected chi connectivity index (χ1v) is 7.23. The molecule has 0 amide bonds. The van der Waals surface area contributed by atoms with E-state index < -0.39 is 0 Å². The monoisotopic (exact) mass is 292 g/mol. The van der Waals surface area contributed by atoms with E-state index in [1.807, 2.05) is 36.5 Å². The maximum absolute atomic E-state index is 13.0. The lowest BCUT2D eigenvalue weighted by atomic mass is 9.98. The second kappa shape index (κ2) is 6.50. The van der Waals surface area contributed by atoms with Gasteiger partial charge in [0.2, 0.25) is 0 Å². The summed E-state index contributed by atoms with van der Waals surface area (Å²) in [5, 5.41) is 0. The zero-order valence-electron chi connectivity index (χ0n) is 12.1. The highest BCUT2D eigenvalue weighted by molar-refractivity contribution is 5.62. The van der Waals surface area contributed by atoms with Crippen LogP contribution in [0.25, 0.3) is 11.1 Å². The maximum Gasteiger partial charge on any atom is 0.123 e. The zero-order chi connectivity index (χ0) is 15.4. The molecule has 110 valence electrons. The van der Waals surface area contributed by atoms with E-state index in [0.717, 1.165) is 22.3 Å². The van der Waals surface area contributed by atoms with Gasteiger partial charge in [0.05, 0.1) is 0 Å². The topological polar surface area (TPSA) is 38.9 Å². The van der Waals surface area contributed by atoms with Gasteiger partial charge in [-0.25, -0.2) is 4.39 Å². The molecule has 1 heterocycles. The van der Waals surface area contributed by atoms with E-state index >= 15 is 0 Å². The highest BCUT2D eigenvalue weighted by Crippen LogP contribution is 2.22. The van der Waals surface area contributed by atoms with E-state index in [2.05, 4.69) is 11.1 Å². The molecule has 3 aromatic rings. The van der Waals surface area contributed by atoms with Crippen LogP contribution < -0.4 is 5.73 Å². The van der Waals surface area contributed by atoms with Crippen molar-refractivity contribution in [3.05, 3.63) is 90.0 Å². The van der Waals surface area contributed by atoms with Gasteiger partial charge in [0.1, 0.15) is 5.82 Å². The largest absolute Gasteiger partial charge is 0.324 e. The Bertz CT molecular complexity index is 739. The van der Waals surface area contributed by atoms with Crippen LogP contribution in [0.2, 0.25) is 0 Å². The molecule has 0 aliphatic carbocycles.